The Morgan fingerprint density at radius 1 is 1.47 bits per heavy atom. The van der Waals surface area contributed by atoms with Gasteiger partial charge in [-0.05, 0) is 13.3 Å². The van der Waals surface area contributed by atoms with Crippen LogP contribution in [-0.2, 0) is 4.74 Å². The van der Waals surface area contributed by atoms with Crippen molar-refractivity contribution in [1.29, 1.82) is 0 Å². The Morgan fingerprint density at radius 3 is 2.84 bits per heavy atom. The number of hydrogen-bond acceptors (Lipinski definition) is 4. The second-order valence-corrected chi connectivity index (χ2v) is 4.85. The van der Waals surface area contributed by atoms with E-state index in [-0.39, 0.29) is 5.92 Å². The van der Waals surface area contributed by atoms with Crippen molar-refractivity contribution in [3.05, 3.63) is 18.0 Å². The van der Waals surface area contributed by atoms with Crippen LogP contribution in [-0.4, -0.2) is 41.8 Å². The molecule has 1 aromatic heterocycles. The molecule has 7 heteroatoms. The van der Waals surface area contributed by atoms with Crippen molar-refractivity contribution in [3.63, 3.8) is 0 Å². The van der Waals surface area contributed by atoms with Crippen LogP contribution in [0.4, 0.5) is 8.78 Å². The number of piperidine rings is 1. The minimum absolute atomic E-state index is 0.0939. The zero-order valence-corrected chi connectivity index (χ0v) is 10.6. The number of aromatic nitrogens is 2. The molecule has 19 heavy (non-hydrogen) atoms. The van der Waals surface area contributed by atoms with Crippen LogP contribution in [0.5, 0.6) is 0 Å². The highest BCUT2D eigenvalue weighted by atomic mass is 19.3. The van der Waals surface area contributed by atoms with Gasteiger partial charge in [-0.25, -0.2) is 13.6 Å². The minimum Gasteiger partial charge on any atom is -0.459 e. The summed E-state index contributed by atoms with van der Waals surface area (Å²) in [5, 5.41) is 9.15. The van der Waals surface area contributed by atoms with Gasteiger partial charge in [-0.1, -0.05) is 0 Å². The second kappa shape index (κ2) is 6.10. The smallest absolute Gasteiger partial charge is 0.341 e. The second-order valence-electron chi connectivity index (χ2n) is 4.85. The highest BCUT2D eigenvalue weighted by Crippen LogP contribution is 2.26. The number of aromatic amines is 1. The Labute approximate surface area is 109 Å². The topological polar surface area (TPSA) is 67.0 Å². The van der Waals surface area contributed by atoms with Crippen LogP contribution < -0.4 is 5.32 Å². The summed E-state index contributed by atoms with van der Waals surface area (Å²) in [6.45, 7) is 2.64. The zero-order valence-electron chi connectivity index (χ0n) is 10.6. The van der Waals surface area contributed by atoms with Crippen molar-refractivity contribution in [2.45, 2.75) is 25.9 Å². The number of nitrogens with one attached hydrogen (secondary N) is 2. The molecular weight excluding hydrogens is 256 g/mol. The van der Waals surface area contributed by atoms with Crippen molar-refractivity contribution in [2.75, 3.05) is 13.1 Å². The van der Waals surface area contributed by atoms with Crippen molar-refractivity contribution in [2.24, 2.45) is 11.8 Å². The van der Waals surface area contributed by atoms with Crippen LogP contribution in [0.25, 0.3) is 0 Å². The number of halogens is 2. The molecule has 0 spiro atoms. The van der Waals surface area contributed by atoms with Gasteiger partial charge in [-0.15, -0.1) is 0 Å². The van der Waals surface area contributed by atoms with Gasteiger partial charge in [0, 0.05) is 31.1 Å². The van der Waals surface area contributed by atoms with Gasteiger partial charge in [0.1, 0.15) is 6.10 Å². The van der Waals surface area contributed by atoms with Crippen molar-refractivity contribution >= 4 is 5.97 Å². The number of H-pyrrole nitrogens is 1. The maximum atomic E-state index is 12.7. The number of esters is 1. The maximum Gasteiger partial charge on any atom is 0.341 e. The van der Waals surface area contributed by atoms with Gasteiger partial charge in [0.15, 0.2) is 0 Å². The third-order valence-electron chi connectivity index (χ3n) is 3.47. The van der Waals surface area contributed by atoms with Crippen LogP contribution in [0.15, 0.2) is 12.4 Å². The predicted molar refractivity (Wildman–Crippen MR) is 63.9 cm³/mol. The summed E-state index contributed by atoms with van der Waals surface area (Å²) in [6.07, 6.45) is 0.431. The number of ether oxygens (including phenoxy) is 1. The molecule has 2 N–H and O–H groups in total. The summed E-state index contributed by atoms with van der Waals surface area (Å²) in [5.41, 5.74) is 0.334. The Kier molecular flexibility index (Phi) is 4.47. The molecule has 2 rings (SSSR count). The van der Waals surface area contributed by atoms with E-state index in [1.54, 1.807) is 6.92 Å². The van der Waals surface area contributed by atoms with E-state index in [0.29, 0.717) is 25.1 Å². The quantitative estimate of drug-likeness (QED) is 0.815. The lowest BCUT2D eigenvalue weighted by Gasteiger charge is -2.32. The van der Waals surface area contributed by atoms with E-state index < -0.39 is 24.4 Å². The first-order chi connectivity index (χ1) is 9.08. The molecule has 3 unspecified atom stereocenters. The highest BCUT2D eigenvalue weighted by Gasteiger charge is 2.32. The van der Waals surface area contributed by atoms with Crippen LogP contribution in [0.1, 0.15) is 23.7 Å². The summed E-state index contributed by atoms with van der Waals surface area (Å²) in [4.78, 5) is 11.7. The van der Waals surface area contributed by atoms with Crippen molar-refractivity contribution in [3.8, 4) is 0 Å². The average Bonchev–Trinajstić information content (AvgIpc) is 2.92. The standard InChI is InChI=1S/C12H17F2N3O2/c1-7(19-12(18)10-5-16-17-6-10)8-2-9(11(13)14)4-15-3-8/h5-9,11,15H,2-4H2,1H3,(H,16,17). The van der Waals surface area contributed by atoms with E-state index in [0.717, 1.165) is 0 Å². The molecular formula is C12H17F2N3O2. The average molecular weight is 273 g/mol. The van der Waals surface area contributed by atoms with Crippen LogP contribution in [0.2, 0.25) is 0 Å². The molecule has 1 fully saturated rings. The molecule has 1 aliphatic heterocycles. The number of carbonyl (C=O) groups excluding carboxylic acids is 1. The number of carbonyl (C=O) groups is 1. The third kappa shape index (κ3) is 3.50. The van der Waals surface area contributed by atoms with Gasteiger partial charge in [0.2, 0.25) is 6.43 Å². The van der Waals surface area contributed by atoms with E-state index in [9.17, 15) is 13.6 Å². The molecule has 0 aromatic carbocycles. The van der Waals surface area contributed by atoms with Crippen LogP contribution in [0.3, 0.4) is 0 Å². The molecule has 0 amide bonds. The summed E-state index contributed by atoms with van der Waals surface area (Å²) in [5.74, 6) is -1.25. The Bertz CT molecular complexity index is 411. The number of alkyl halides is 2. The molecule has 0 aliphatic carbocycles. The van der Waals surface area contributed by atoms with E-state index in [1.165, 1.54) is 12.4 Å². The van der Waals surface area contributed by atoms with E-state index in [2.05, 4.69) is 15.5 Å². The van der Waals surface area contributed by atoms with E-state index in [4.69, 9.17) is 4.74 Å². The van der Waals surface area contributed by atoms with Crippen LogP contribution in [0, 0.1) is 11.8 Å². The number of hydrogen-bond donors (Lipinski definition) is 2. The van der Waals surface area contributed by atoms with Gasteiger partial charge >= 0.3 is 5.97 Å². The minimum atomic E-state index is -2.34. The molecule has 1 saturated heterocycles. The van der Waals surface area contributed by atoms with Gasteiger partial charge in [-0.3, -0.25) is 5.10 Å². The summed E-state index contributed by atoms with van der Waals surface area (Å²) in [7, 11) is 0. The SMILES string of the molecule is CC(OC(=O)c1cn[nH]c1)C1CNCC(C(F)F)C1. The van der Waals surface area contributed by atoms with Gasteiger partial charge in [0.05, 0.1) is 11.8 Å². The Morgan fingerprint density at radius 2 is 2.21 bits per heavy atom. The highest BCUT2D eigenvalue weighted by molar-refractivity contribution is 5.88. The van der Waals surface area contributed by atoms with Crippen LogP contribution >= 0.6 is 0 Å². The Hall–Kier alpha value is -1.50. The van der Waals surface area contributed by atoms with Crippen molar-refractivity contribution < 1.29 is 18.3 Å². The molecule has 2 heterocycles. The fraction of sp³-hybridized carbons (Fsp3) is 0.667. The molecule has 1 aliphatic rings. The summed E-state index contributed by atoms with van der Waals surface area (Å²) in [6, 6.07) is 0. The van der Waals surface area contributed by atoms with Crippen molar-refractivity contribution in [1.82, 2.24) is 15.5 Å². The molecule has 0 radical (unpaired) electrons. The van der Waals surface area contributed by atoms with E-state index in [1.807, 2.05) is 0 Å². The first-order valence-corrected chi connectivity index (χ1v) is 6.26. The first kappa shape index (κ1) is 13.9. The number of rotatable bonds is 4. The normalized spacial score (nSPS) is 25.3. The van der Waals surface area contributed by atoms with Gasteiger partial charge < -0.3 is 10.1 Å². The van der Waals surface area contributed by atoms with E-state index >= 15 is 0 Å². The molecule has 1 aromatic rings. The fourth-order valence-electron chi connectivity index (χ4n) is 2.25. The largest absolute Gasteiger partial charge is 0.459 e. The molecule has 0 bridgehead atoms. The predicted octanol–water partition coefficient (Wildman–Crippen LogP) is 1.45. The Balaban J connectivity index is 1.89. The number of nitrogens with zero attached hydrogens (tertiary/aromatic N) is 1. The molecule has 3 atom stereocenters. The monoisotopic (exact) mass is 273 g/mol. The molecule has 0 saturated carbocycles. The van der Waals surface area contributed by atoms with Gasteiger partial charge in [-0.2, -0.15) is 5.10 Å². The lowest BCUT2D eigenvalue weighted by atomic mass is 9.87. The fourth-order valence-corrected chi connectivity index (χ4v) is 2.25. The summed E-state index contributed by atoms with van der Waals surface area (Å²) < 4.78 is 30.6. The first-order valence-electron chi connectivity index (χ1n) is 6.26. The molecule has 5 nitrogen and oxygen atoms in total. The lowest BCUT2D eigenvalue weighted by molar-refractivity contribution is -0.00388. The van der Waals surface area contributed by atoms with Gasteiger partial charge in [0.25, 0.3) is 0 Å². The summed E-state index contributed by atoms with van der Waals surface area (Å²) >= 11 is 0. The zero-order chi connectivity index (χ0) is 13.8. The third-order valence-corrected chi connectivity index (χ3v) is 3.47. The lowest BCUT2D eigenvalue weighted by Crippen LogP contribution is -2.44. The molecule has 106 valence electrons. The maximum absolute atomic E-state index is 12.7.